The number of hydrogen-bond donors (Lipinski definition) is 1. The van der Waals surface area contributed by atoms with Crippen molar-refractivity contribution < 1.29 is 9.53 Å². The highest BCUT2D eigenvalue weighted by atomic mass is 79.9. The molecule has 3 nitrogen and oxygen atoms in total. The predicted molar refractivity (Wildman–Crippen MR) is 116 cm³/mol. The maximum atomic E-state index is 12.6. The van der Waals surface area contributed by atoms with Gasteiger partial charge in [0.2, 0.25) is 0 Å². The zero-order chi connectivity index (χ0) is 19.3. The zero-order valence-corrected chi connectivity index (χ0v) is 16.9. The van der Waals surface area contributed by atoms with Gasteiger partial charge in [0, 0.05) is 22.3 Å². The minimum atomic E-state index is 0.0203. The molecule has 0 unspecified atom stereocenters. The summed E-state index contributed by atoms with van der Waals surface area (Å²) in [6, 6.07) is 23.5. The molecule has 4 heteroatoms. The van der Waals surface area contributed by atoms with E-state index in [1.54, 1.807) is 6.08 Å². The van der Waals surface area contributed by atoms with Crippen LogP contribution in [0.4, 0.5) is 5.69 Å². The van der Waals surface area contributed by atoms with Crippen LogP contribution in [-0.2, 0) is 13.0 Å². The molecule has 1 aliphatic rings. The molecule has 0 fully saturated rings. The third-order valence-electron chi connectivity index (χ3n) is 4.72. The van der Waals surface area contributed by atoms with Crippen LogP contribution in [0.2, 0.25) is 0 Å². The molecule has 0 saturated heterocycles. The zero-order valence-electron chi connectivity index (χ0n) is 15.3. The van der Waals surface area contributed by atoms with Crippen LogP contribution in [0, 0.1) is 0 Å². The summed E-state index contributed by atoms with van der Waals surface area (Å²) in [5.41, 5.74) is 5.20. The first-order valence-electron chi connectivity index (χ1n) is 9.20. The van der Waals surface area contributed by atoms with Crippen LogP contribution >= 0.6 is 15.9 Å². The fourth-order valence-electron chi connectivity index (χ4n) is 3.21. The van der Waals surface area contributed by atoms with Crippen LogP contribution in [-0.4, -0.2) is 12.3 Å². The van der Waals surface area contributed by atoms with Gasteiger partial charge in [-0.15, -0.1) is 0 Å². The van der Waals surface area contributed by atoms with Crippen molar-refractivity contribution in [3.63, 3.8) is 0 Å². The first kappa shape index (κ1) is 18.5. The number of ether oxygens (including phenoxy) is 1. The summed E-state index contributed by atoms with van der Waals surface area (Å²) < 4.78 is 6.84. The van der Waals surface area contributed by atoms with Gasteiger partial charge in [-0.3, -0.25) is 4.79 Å². The van der Waals surface area contributed by atoms with E-state index in [0.717, 1.165) is 33.5 Å². The number of ketones is 1. The molecule has 1 aliphatic heterocycles. The van der Waals surface area contributed by atoms with Gasteiger partial charge in [-0.1, -0.05) is 52.3 Å². The Hall–Kier alpha value is -2.85. The summed E-state index contributed by atoms with van der Waals surface area (Å²) >= 11 is 3.49. The van der Waals surface area contributed by atoms with Gasteiger partial charge in [0.1, 0.15) is 12.4 Å². The molecule has 0 aliphatic carbocycles. The van der Waals surface area contributed by atoms with Gasteiger partial charge in [-0.05, 0) is 65.6 Å². The van der Waals surface area contributed by atoms with E-state index in [1.165, 1.54) is 5.56 Å². The average molecular weight is 434 g/mol. The number of nitrogens with one attached hydrogen (secondary N) is 1. The maximum absolute atomic E-state index is 12.6. The smallest absolute Gasteiger partial charge is 0.185 e. The lowest BCUT2D eigenvalue weighted by molar-refractivity contribution is 0.104. The Balaban J connectivity index is 1.39. The van der Waals surface area contributed by atoms with Crippen molar-refractivity contribution in [2.45, 2.75) is 13.0 Å². The second-order valence-corrected chi connectivity index (χ2v) is 7.71. The number of anilines is 1. The predicted octanol–water partition coefficient (Wildman–Crippen LogP) is 5.81. The monoisotopic (exact) mass is 433 g/mol. The summed E-state index contributed by atoms with van der Waals surface area (Å²) in [5, 5.41) is 3.38. The Bertz CT molecular complexity index is 1010. The van der Waals surface area contributed by atoms with E-state index in [4.69, 9.17) is 4.74 Å². The Labute approximate surface area is 173 Å². The third-order valence-corrected chi connectivity index (χ3v) is 5.21. The summed E-state index contributed by atoms with van der Waals surface area (Å²) in [6.45, 7) is 1.20. The molecule has 0 amide bonds. The molecule has 0 atom stereocenters. The normalized spacial score (nSPS) is 14.2. The summed E-state index contributed by atoms with van der Waals surface area (Å²) in [4.78, 5) is 12.6. The highest BCUT2D eigenvalue weighted by molar-refractivity contribution is 9.10. The molecule has 1 heterocycles. The van der Waals surface area contributed by atoms with E-state index >= 15 is 0 Å². The second-order valence-electron chi connectivity index (χ2n) is 6.80. The van der Waals surface area contributed by atoms with Crippen molar-refractivity contribution in [3.8, 4) is 5.75 Å². The topological polar surface area (TPSA) is 38.3 Å². The first-order valence-corrected chi connectivity index (χ1v) is 9.99. The van der Waals surface area contributed by atoms with E-state index in [1.807, 2.05) is 60.7 Å². The molecule has 1 N–H and O–H groups in total. The van der Waals surface area contributed by atoms with Crippen molar-refractivity contribution in [2.24, 2.45) is 0 Å². The lowest BCUT2D eigenvalue weighted by Crippen LogP contribution is -2.16. The number of rotatable bonds is 5. The van der Waals surface area contributed by atoms with Crippen molar-refractivity contribution in [1.29, 1.82) is 0 Å². The number of hydrogen-bond acceptors (Lipinski definition) is 3. The number of fused-ring (bicyclic) bond motifs is 1. The molecule has 140 valence electrons. The Morgan fingerprint density at radius 3 is 2.61 bits per heavy atom. The Morgan fingerprint density at radius 2 is 1.82 bits per heavy atom. The van der Waals surface area contributed by atoms with Crippen molar-refractivity contribution in [1.82, 2.24) is 0 Å². The number of halogens is 1. The SMILES string of the molecule is O=C(/C=C1/CNc2cc(Br)ccc2C1)c1ccc(OCc2ccccc2)cc1. The fourth-order valence-corrected chi connectivity index (χ4v) is 3.57. The van der Waals surface area contributed by atoms with Crippen LogP contribution in [0.25, 0.3) is 0 Å². The quantitative estimate of drug-likeness (QED) is 0.407. The second kappa shape index (κ2) is 8.44. The molecule has 0 spiro atoms. The summed E-state index contributed by atoms with van der Waals surface area (Å²) in [5.74, 6) is 0.777. The Morgan fingerprint density at radius 1 is 1.04 bits per heavy atom. The molecule has 0 saturated carbocycles. The number of allylic oxidation sites excluding steroid dienone is 1. The molecule has 3 aromatic rings. The molecule has 0 aromatic heterocycles. The minimum Gasteiger partial charge on any atom is -0.489 e. The van der Waals surface area contributed by atoms with Gasteiger partial charge < -0.3 is 10.1 Å². The van der Waals surface area contributed by atoms with Crippen molar-refractivity contribution in [3.05, 3.63) is 106 Å². The maximum Gasteiger partial charge on any atom is 0.185 e. The van der Waals surface area contributed by atoms with E-state index < -0.39 is 0 Å². The standard InChI is InChI=1S/C24H20BrNO2/c25-21-9-6-20-12-18(15-26-23(20)14-21)13-24(27)19-7-10-22(11-8-19)28-16-17-4-2-1-3-5-17/h1-11,13-14,26H,12,15-16H2/b18-13+. The average Bonchev–Trinajstić information content (AvgIpc) is 2.73. The number of carbonyl (C=O) groups excluding carboxylic acids is 1. The van der Waals surface area contributed by atoms with Gasteiger partial charge in [-0.25, -0.2) is 0 Å². The van der Waals surface area contributed by atoms with Crippen LogP contribution in [0.1, 0.15) is 21.5 Å². The molecular weight excluding hydrogens is 414 g/mol. The van der Waals surface area contributed by atoms with Crippen LogP contribution < -0.4 is 10.1 Å². The van der Waals surface area contributed by atoms with Crippen LogP contribution in [0.3, 0.4) is 0 Å². The molecule has 4 rings (SSSR count). The molecule has 28 heavy (non-hydrogen) atoms. The Kier molecular flexibility index (Phi) is 5.58. The van der Waals surface area contributed by atoms with Crippen molar-refractivity contribution >= 4 is 27.4 Å². The highest BCUT2D eigenvalue weighted by Gasteiger charge is 2.14. The third kappa shape index (κ3) is 4.52. The van der Waals surface area contributed by atoms with E-state index in [0.29, 0.717) is 18.7 Å². The van der Waals surface area contributed by atoms with Gasteiger partial charge in [0.15, 0.2) is 5.78 Å². The molecule has 0 radical (unpaired) electrons. The molecule has 0 bridgehead atoms. The summed E-state index contributed by atoms with van der Waals surface area (Å²) in [7, 11) is 0. The van der Waals surface area contributed by atoms with Crippen molar-refractivity contribution in [2.75, 3.05) is 11.9 Å². The largest absolute Gasteiger partial charge is 0.489 e. The van der Waals surface area contributed by atoms with E-state index in [-0.39, 0.29) is 5.78 Å². The molecular formula is C24H20BrNO2. The lowest BCUT2D eigenvalue weighted by atomic mass is 9.97. The van der Waals surface area contributed by atoms with Crippen LogP contribution in [0.15, 0.2) is 88.9 Å². The highest BCUT2D eigenvalue weighted by Crippen LogP contribution is 2.28. The minimum absolute atomic E-state index is 0.0203. The van der Waals surface area contributed by atoms with E-state index in [2.05, 4.69) is 33.4 Å². The van der Waals surface area contributed by atoms with E-state index in [9.17, 15) is 4.79 Å². The van der Waals surface area contributed by atoms with Gasteiger partial charge >= 0.3 is 0 Å². The van der Waals surface area contributed by atoms with Crippen LogP contribution in [0.5, 0.6) is 5.75 Å². The summed E-state index contributed by atoms with van der Waals surface area (Å²) in [6.07, 6.45) is 2.54. The lowest BCUT2D eigenvalue weighted by Gasteiger charge is -2.20. The number of carbonyl (C=O) groups is 1. The van der Waals surface area contributed by atoms with Gasteiger partial charge in [0.05, 0.1) is 0 Å². The molecule has 3 aromatic carbocycles. The fraction of sp³-hybridized carbons (Fsp3) is 0.125. The van der Waals surface area contributed by atoms with Gasteiger partial charge in [0.25, 0.3) is 0 Å². The van der Waals surface area contributed by atoms with Gasteiger partial charge in [-0.2, -0.15) is 0 Å². The first-order chi connectivity index (χ1) is 13.7. The number of benzene rings is 3.